The van der Waals surface area contributed by atoms with Crippen LogP contribution in [0.4, 0.5) is 4.79 Å². The zero-order valence-electron chi connectivity index (χ0n) is 33.6. The van der Waals surface area contributed by atoms with Crippen molar-refractivity contribution in [1.82, 2.24) is 10.2 Å². The van der Waals surface area contributed by atoms with Crippen LogP contribution in [-0.2, 0) is 11.3 Å². The number of urea groups is 1. The first-order valence-electron chi connectivity index (χ1n) is 21.0. The highest BCUT2D eigenvalue weighted by Crippen LogP contribution is 2.78. The Balaban J connectivity index is 1.17. The van der Waals surface area contributed by atoms with Crippen molar-refractivity contribution in [1.29, 1.82) is 0 Å². The third-order valence-electron chi connectivity index (χ3n) is 16.2. The van der Waals surface area contributed by atoms with Gasteiger partial charge in [0.15, 0.2) is 5.78 Å². The molecule has 0 radical (unpaired) electrons. The standard InChI is InChI=1S/C47H62N2O6/c1-31(32-12-8-6-9-13-32)48-42(52)49(29-34-16-17-36(54-4)26-38(34)55-5)30-46(53)23-20-40-44(46,3)22-19-39-43(2)21-18-35(50)27-45(43)24-25-47(39,40)37(28-45)41(51)33-14-10-7-11-15-33/h6,8-9,12-13,16-17,24-26,28,31,33,35,39-40,50,53H,7,10-11,14-15,18-23,27,29-30H2,1-5H3,(H,48,52)/t31-,35?,39-,40-,43-,44+,45+,46-,47-/m1/s1. The third kappa shape index (κ3) is 5.90. The molecule has 7 aliphatic carbocycles. The van der Waals surface area contributed by atoms with E-state index in [1.165, 1.54) is 6.42 Å². The molecule has 8 heteroatoms. The van der Waals surface area contributed by atoms with Crippen molar-refractivity contribution in [3.63, 3.8) is 0 Å². The van der Waals surface area contributed by atoms with Gasteiger partial charge in [-0.3, -0.25) is 4.79 Å². The van der Waals surface area contributed by atoms with Crippen molar-refractivity contribution >= 4 is 11.8 Å². The number of fused-ring (bicyclic) bond motifs is 1. The van der Waals surface area contributed by atoms with E-state index in [4.69, 9.17) is 9.47 Å². The van der Waals surface area contributed by atoms with Crippen LogP contribution >= 0.6 is 0 Å². The SMILES string of the molecule is COc1ccc(CN(C[C@]2(O)CC[C@H]3[C@]45C=C[C@@]6(C=C4C(=O)C4CCCCC4)CC(O)CC[C@]6(C)[C@H]5CC[C@@]32C)C(=O)N[C@H](C)c2ccccc2)c(OC)c1. The normalized spacial score (nSPS) is 36.9. The van der Waals surface area contributed by atoms with Crippen molar-refractivity contribution in [2.75, 3.05) is 20.8 Å². The number of amides is 2. The Hall–Kier alpha value is -3.62. The summed E-state index contributed by atoms with van der Waals surface area (Å²) in [5.74, 6) is 1.93. The topological polar surface area (TPSA) is 108 Å². The summed E-state index contributed by atoms with van der Waals surface area (Å²) in [7, 11) is 3.24. The molecular formula is C47H62N2O6. The highest BCUT2D eigenvalue weighted by atomic mass is 16.5. The molecule has 2 aromatic carbocycles. The van der Waals surface area contributed by atoms with E-state index in [9.17, 15) is 19.8 Å². The first-order chi connectivity index (χ1) is 26.3. The molecule has 55 heavy (non-hydrogen) atoms. The number of aliphatic hydroxyl groups excluding tert-OH is 1. The summed E-state index contributed by atoms with van der Waals surface area (Å²) in [5, 5.41) is 27.6. The molecule has 4 fully saturated rings. The average molecular weight is 751 g/mol. The number of Topliss-reactive ketones (excluding diaryl/α,β-unsaturated/α-hetero) is 1. The van der Waals surface area contributed by atoms with Gasteiger partial charge in [-0.15, -0.1) is 0 Å². The van der Waals surface area contributed by atoms with Crippen LogP contribution < -0.4 is 14.8 Å². The number of carbonyl (C=O) groups excluding carboxylic acids is 2. The zero-order valence-corrected chi connectivity index (χ0v) is 33.6. The van der Waals surface area contributed by atoms with Gasteiger partial charge in [0.2, 0.25) is 0 Å². The second-order valence-electron chi connectivity index (χ2n) is 18.6. The van der Waals surface area contributed by atoms with E-state index < -0.39 is 16.4 Å². The van der Waals surface area contributed by atoms with Crippen LogP contribution in [0, 0.1) is 39.4 Å². The van der Waals surface area contributed by atoms with E-state index in [0.717, 1.165) is 74.5 Å². The van der Waals surface area contributed by atoms with Crippen LogP contribution in [-0.4, -0.2) is 59.4 Å². The van der Waals surface area contributed by atoms with Crippen molar-refractivity contribution in [2.45, 2.75) is 122 Å². The summed E-state index contributed by atoms with van der Waals surface area (Å²) >= 11 is 0. The molecule has 2 amide bonds. The fraction of sp³-hybridized carbons (Fsp3) is 0.617. The lowest BCUT2D eigenvalue weighted by Gasteiger charge is -2.71. The fourth-order valence-corrected chi connectivity index (χ4v) is 13.0. The molecule has 9 atom stereocenters. The Labute approximate surface area is 327 Å². The van der Waals surface area contributed by atoms with E-state index in [1.807, 2.05) is 55.5 Å². The van der Waals surface area contributed by atoms with E-state index >= 15 is 0 Å². The summed E-state index contributed by atoms with van der Waals surface area (Å²) in [6, 6.07) is 15.1. The monoisotopic (exact) mass is 750 g/mol. The summed E-state index contributed by atoms with van der Waals surface area (Å²) in [6.45, 7) is 7.07. The number of ether oxygens (including phenoxy) is 2. The third-order valence-corrected chi connectivity index (χ3v) is 16.2. The maximum absolute atomic E-state index is 15.0. The molecular weight excluding hydrogens is 689 g/mol. The number of nitrogens with zero attached hydrogens (tertiary/aromatic N) is 1. The van der Waals surface area contributed by atoms with E-state index in [2.05, 4.69) is 37.4 Å². The van der Waals surface area contributed by atoms with Crippen LogP contribution in [0.5, 0.6) is 11.5 Å². The van der Waals surface area contributed by atoms with Gasteiger partial charge >= 0.3 is 6.03 Å². The van der Waals surface area contributed by atoms with Gasteiger partial charge < -0.3 is 29.9 Å². The molecule has 9 rings (SSSR count). The van der Waals surface area contributed by atoms with Crippen LogP contribution in [0.3, 0.4) is 0 Å². The minimum atomic E-state index is -1.20. The van der Waals surface area contributed by atoms with Crippen molar-refractivity contribution in [2.24, 2.45) is 39.4 Å². The van der Waals surface area contributed by atoms with Crippen molar-refractivity contribution < 1.29 is 29.3 Å². The molecule has 2 aromatic rings. The first kappa shape index (κ1) is 38.3. The van der Waals surface area contributed by atoms with Crippen LogP contribution in [0.15, 0.2) is 72.3 Å². The molecule has 2 bridgehead atoms. The Kier molecular flexibility index (Phi) is 9.80. The van der Waals surface area contributed by atoms with Crippen LogP contribution in [0.2, 0.25) is 0 Å². The predicted molar refractivity (Wildman–Crippen MR) is 213 cm³/mol. The van der Waals surface area contributed by atoms with E-state index in [0.29, 0.717) is 30.1 Å². The van der Waals surface area contributed by atoms with Gasteiger partial charge in [0.05, 0.1) is 45.1 Å². The maximum atomic E-state index is 15.0. The molecule has 0 saturated heterocycles. The molecule has 296 valence electrons. The quantitative estimate of drug-likeness (QED) is 0.210. The lowest BCUT2D eigenvalue weighted by molar-refractivity contribution is -0.178. The van der Waals surface area contributed by atoms with Gasteiger partial charge in [-0.05, 0) is 99.7 Å². The van der Waals surface area contributed by atoms with Gasteiger partial charge in [0.25, 0.3) is 0 Å². The van der Waals surface area contributed by atoms with Gasteiger partial charge in [-0.2, -0.15) is 0 Å². The van der Waals surface area contributed by atoms with Crippen LogP contribution in [0.1, 0.15) is 115 Å². The molecule has 0 heterocycles. The van der Waals surface area contributed by atoms with Gasteiger partial charge in [0, 0.05) is 39.4 Å². The van der Waals surface area contributed by atoms with Gasteiger partial charge in [-0.1, -0.05) is 81.7 Å². The zero-order chi connectivity index (χ0) is 38.8. The number of allylic oxidation sites excluding steroid dienone is 4. The van der Waals surface area contributed by atoms with Crippen molar-refractivity contribution in [3.05, 3.63) is 83.5 Å². The average Bonchev–Trinajstić information content (AvgIpc) is 3.47. The number of rotatable bonds is 10. The lowest BCUT2D eigenvalue weighted by atomic mass is 9.32. The number of carbonyl (C=O) groups is 2. The molecule has 2 spiro atoms. The molecule has 0 aromatic heterocycles. The lowest BCUT2D eigenvalue weighted by Crippen LogP contribution is -2.67. The maximum Gasteiger partial charge on any atom is 0.318 e. The number of ketones is 1. The molecule has 4 saturated carbocycles. The molecule has 7 aliphatic rings. The number of methoxy groups -OCH3 is 2. The minimum absolute atomic E-state index is 0.0319. The number of aliphatic hydroxyl groups is 2. The molecule has 1 unspecified atom stereocenters. The molecule has 3 N–H and O–H groups in total. The van der Waals surface area contributed by atoms with Gasteiger partial charge in [-0.25, -0.2) is 4.79 Å². The van der Waals surface area contributed by atoms with Crippen molar-refractivity contribution in [3.8, 4) is 11.5 Å². The Morgan fingerprint density at radius 2 is 1.60 bits per heavy atom. The first-order valence-corrected chi connectivity index (χ1v) is 21.0. The minimum Gasteiger partial charge on any atom is -0.497 e. The number of nitrogens with one attached hydrogen (secondary N) is 1. The summed E-state index contributed by atoms with van der Waals surface area (Å²) in [5.41, 5.74) is 0.148. The summed E-state index contributed by atoms with van der Waals surface area (Å²) < 4.78 is 11.3. The number of hydrogen-bond acceptors (Lipinski definition) is 6. The Morgan fingerprint density at radius 3 is 2.33 bits per heavy atom. The van der Waals surface area contributed by atoms with E-state index in [1.54, 1.807) is 19.1 Å². The van der Waals surface area contributed by atoms with E-state index in [-0.39, 0.29) is 59.9 Å². The summed E-state index contributed by atoms with van der Waals surface area (Å²) in [6.07, 6.45) is 17.4. The second-order valence-corrected chi connectivity index (χ2v) is 18.6. The number of benzene rings is 2. The molecule has 0 aliphatic heterocycles. The highest BCUT2D eigenvalue weighted by molar-refractivity contribution is 6.00. The summed E-state index contributed by atoms with van der Waals surface area (Å²) in [4.78, 5) is 31.3. The Morgan fingerprint density at radius 1 is 0.891 bits per heavy atom. The fourth-order valence-electron chi connectivity index (χ4n) is 13.0. The largest absolute Gasteiger partial charge is 0.497 e. The second kappa shape index (κ2) is 14.1. The smallest absolute Gasteiger partial charge is 0.318 e. The highest BCUT2D eigenvalue weighted by Gasteiger charge is 2.74. The predicted octanol–water partition coefficient (Wildman–Crippen LogP) is 8.72. The molecule has 8 nitrogen and oxygen atoms in total. The van der Waals surface area contributed by atoms with Gasteiger partial charge in [0.1, 0.15) is 11.5 Å². The number of hydrogen-bond donors (Lipinski definition) is 3. The van der Waals surface area contributed by atoms with Crippen LogP contribution in [0.25, 0.3) is 0 Å². The Bertz CT molecular complexity index is 1850.